The van der Waals surface area contributed by atoms with Crippen LogP contribution in [0.25, 0.3) is 0 Å². The Hall–Kier alpha value is -1.26. The van der Waals surface area contributed by atoms with Gasteiger partial charge in [-0.15, -0.1) is 0 Å². The van der Waals surface area contributed by atoms with Crippen molar-refractivity contribution in [3.05, 3.63) is 0 Å². The highest BCUT2D eigenvalue weighted by molar-refractivity contribution is 5.69. The van der Waals surface area contributed by atoms with Gasteiger partial charge in [-0.3, -0.25) is 4.79 Å². The molecule has 0 radical (unpaired) electrons. The summed E-state index contributed by atoms with van der Waals surface area (Å²) in [5.74, 6) is -0.0973. The van der Waals surface area contributed by atoms with Crippen LogP contribution in [-0.2, 0) is 14.3 Å². The van der Waals surface area contributed by atoms with E-state index in [-0.39, 0.29) is 12.1 Å². The molecule has 0 saturated carbocycles. The van der Waals surface area contributed by atoms with E-state index in [2.05, 4.69) is 19.2 Å². The number of ether oxygens (including phenoxy) is 2. The van der Waals surface area contributed by atoms with Crippen LogP contribution in [0.15, 0.2) is 0 Å². The Balaban J connectivity index is 3.25. The van der Waals surface area contributed by atoms with E-state index in [0.717, 1.165) is 44.9 Å². The number of rotatable bonds is 18. The van der Waals surface area contributed by atoms with Crippen LogP contribution in [0, 0.1) is 0 Å². The molecule has 0 aliphatic heterocycles. The Bertz CT molecular complexity index is 334. The maximum atomic E-state index is 11.6. The molecule has 0 saturated heterocycles. The number of carbonyl (C=O) groups excluding carboxylic acids is 2. The first-order valence-corrected chi connectivity index (χ1v) is 10.8. The molecule has 0 bridgehead atoms. The van der Waals surface area contributed by atoms with Crippen molar-refractivity contribution in [2.75, 3.05) is 19.8 Å². The van der Waals surface area contributed by atoms with Crippen molar-refractivity contribution in [2.24, 2.45) is 0 Å². The third kappa shape index (κ3) is 19.1. The molecule has 0 spiro atoms. The molecule has 0 aliphatic carbocycles. The summed E-state index contributed by atoms with van der Waals surface area (Å²) in [7, 11) is 0. The molecule has 1 N–H and O–H groups in total. The van der Waals surface area contributed by atoms with E-state index < -0.39 is 0 Å². The van der Waals surface area contributed by atoms with E-state index >= 15 is 0 Å². The highest BCUT2D eigenvalue weighted by Gasteiger charge is 2.03. The van der Waals surface area contributed by atoms with Gasteiger partial charge in [0.25, 0.3) is 0 Å². The van der Waals surface area contributed by atoms with E-state index in [1.807, 2.05) is 0 Å². The third-order valence-electron chi connectivity index (χ3n) is 4.32. The first kappa shape index (κ1) is 24.7. The zero-order chi connectivity index (χ0) is 19.3. The number of hydrogen-bond donors (Lipinski definition) is 1. The molecule has 0 aromatic carbocycles. The Morgan fingerprint density at radius 3 is 1.92 bits per heavy atom. The summed E-state index contributed by atoms with van der Waals surface area (Å²) < 4.78 is 10.3. The Morgan fingerprint density at radius 2 is 1.23 bits per heavy atom. The normalized spacial score (nSPS) is 10.5. The van der Waals surface area contributed by atoms with Gasteiger partial charge in [-0.05, 0) is 25.7 Å². The molecular formula is C21H41NO4. The zero-order valence-electron chi connectivity index (χ0n) is 17.2. The molecule has 0 fully saturated rings. The lowest BCUT2D eigenvalue weighted by molar-refractivity contribution is -0.143. The molecular weight excluding hydrogens is 330 g/mol. The lowest BCUT2D eigenvalue weighted by atomic mass is 10.1. The number of esters is 1. The molecule has 0 heterocycles. The van der Waals surface area contributed by atoms with Gasteiger partial charge in [0.05, 0.1) is 13.2 Å². The average Bonchev–Trinajstić information content (AvgIpc) is 2.63. The topological polar surface area (TPSA) is 64.6 Å². The predicted molar refractivity (Wildman–Crippen MR) is 106 cm³/mol. The monoisotopic (exact) mass is 371 g/mol. The van der Waals surface area contributed by atoms with Gasteiger partial charge in [0.1, 0.15) is 0 Å². The van der Waals surface area contributed by atoms with Crippen molar-refractivity contribution in [3.63, 3.8) is 0 Å². The van der Waals surface area contributed by atoms with Crippen molar-refractivity contribution in [3.8, 4) is 0 Å². The largest absolute Gasteiger partial charge is 0.466 e. The van der Waals surface area contributed by atoms with Crippen LogP contribution >= 0.6 is 0 Å². The van der Waals surface area contributed by atoms with E-state index in [1.54, 1.807) is 0 Å². The fourth-order valence-electron chi connectivity index (χ4n) is 2.62. The smallest absolute Gasteiger partial charge is 0.407 e. The number of alkyl carbamates (subject to hydrolysis) is 1. The van der Waals surface area contributed by atoms with Gasteiger partial charge in [-0.25, -0.2) is 4.79 Å². The number of nitrogens with one attached hydrogen (secondary N) is 1. The molecule has 0 atom stereocenters. The summed E-state index contributed by atoms with van der Waals surface area (Å²) in [4.78, 5) is 22.9. The predicted octanol–water partition coefficient (Wildman–Crippen LogP) is 5.76. The van der Waals surface area contributed by atoms with Gasteiger partial charge >= 0.3 is 12.1 Å². The molecule has 0 unspecified atom stereocenters. The van der Waals surface area contributed by atoms with Crippen LogP contribution in [0.2, 0.25) is 0 Å². The lowest BCUT2D eigenvalue weighted by Crippen LogP contribution is -2.25. The quantitative estimate of drug-likeness (QED) is 0.246. The Morgan fingerprint density at radius 1 is 0.654 bits per heavy atom. The number of unbranched alkanes of at least 4 members (excludes halogenated alkanes) is 10. The fraction of sp³-hybridized carbons (Fsp3) is 0.905. The highest BCUT2D eigenvalue weighted by Crippen LogP contribution is 2.08. The summed E-state index contributed by atoms with van der Waals surface area (Å²) in [6.07, 6.45) is 14.6. The highest BCUT2D eigenvalue weighted by atomic mass is 16.5. The average molecular weight is 372 g/mol. The second-order valence-corrected chi connectivity index (χ2v) is 6.92. The molecule has 0 aliphatic rings. The van der Waals surface area contributed by atoms with Crippen molar-refractivity contribution >= 4 is 12.1 Å². The lowest BCUT2D eigenvalue weighted by Gasteiger charge is -2.07. The minimum Gasteiger partial charge on any atom is -0.466 e. The molecule has 5 nitrogen and oxygen atoms in total. The van der Waals surface area contributed by atoms with Crippen LogP contribution in [-0.4, -0.2) is 31.8 Å². The maximum absolute atomic E-state index is 11.6. The van der Waals surface area contributed by atoms with E-state index in [1.165, 1.54) is 38.5 Å². The summed E-state index contributed by atoms with van der Waals surface area (Å²) >= 11 is 0. The molecule has 26 heavy (non-hydrogen) atoms. The van der Waals surface area contributed by atoms with Crippen LogP contribution in [0.4, 0.5) is 4.79 Å². The van der Waals surface area contributed by atoms with Crippen LogP contribution in [0.5, 0.6) is 0 Å². The number of amides is 1. The van der Waals surface area contributed by atoms with Gasteiger partial charge in [0.15, 0.2) is 0 Å². The Labute approximate surface area is 160 Å². The first-order valence-electron chi connectivity index (χ1n) is 10.8. The van der Waals surface area contributed by atoms with Crippen molar-refractivity contribution in [1.29, 1.82) is 0 Å². The van der Waals surface area contributed by atoms with Gasteiger partial charge < -0.3 is 14.8 Å². The SMILES string of the molecule is CCCCCCCCCCOC(=O)CCCCCNC(=O)OCCCC. The second-order valence-electron chi connectivity index (χ2n) is 6.92. The number of hydrogen-bond acceptors (Lipinski definition) is 4. The van der Waals surface area contributed by atoms with Crippen molar-refractivity contribution in [1.82, 2.24) is 5.32 Å². The minimum atomic E-state index is -0.344. The molecule has 0 aromatic rings. The molecule has 154 valence electrons. The molecule has 0 rings (SSSR count). The molecule has 1 amide bonds. The molecule has 5 heteroatoms. The van der Waals surface area contributed by atoms with E-state index in [9.17, 15) is 9.59 Å². The maximum Gasteiger partial charge on any atom is 0.407 e. The van der Waals surface area contributed by atoms with E-state index in [0.29, 0.717) is 26.2 Å². The summed E-state index contributed by atoms with van der Waals surface area (Å²) in [5, 5.41) is 2.72. The van der Waals surface area contributed by atoms with Gasteiger partial charge in [-0.1, -0.05) is 71.6 Å². The van der Waals surface area contributed by atoms with E-state index in [4.69, 9.17) is 9.47 Å². The second kappa shape index (κ2) is 20.1. The van der Waals surface area contributed by atoms with Crippen molar-refractivity contribution in [2.45, 2.75) is 104 Å². The van der Waals surface area contributed by atoms with Gasteiger partial charge in [-0.2, -0.15) is 0 Å². The van der Waals surface area contributed by atoms with Gasteiger partial charge in [0, 0.05) is 13.0 Å². The van der Waals surface area contributed by atoms with Crippen LogP contribution < -0.4 is 5.32 Å². The summed E-state index contributed by atoms with van der Waals surface area (Å²) in [5.41, 5.74) is 0. The Kier molecular flexibility index (Phi) is 19.1. The molecule has 0 aromatic heterocycles. The summed E-state index contributed by atoms with van der Waals surface area (Å²) in [6, 6.07) is 0. The first-order chi connectivity index (χ1) is 12.7. The fourth-order valence-corrected chi connectivity index (χ4v) is 2.62. The minimum absolute atomic E-state index is 0.0973. The van der Waals surface area contributed by atoms with Crippen LogP contribution in [0.1, 0.15) is 104 Å². The number of carbonyl (C=O) groups is 2. The van der Waals surface area contributed by atoms with Crippen LogP contribution in [0.3, 0.4) is 0 Å². The standard InChI is InChI=1S/C21H41NO4/c1-3-5-7-8-9-10-11-15-19-25-20(23)16-13-12-14-17-22-21(24)26-18-6-4-2/h3-19H2,1-2H3,(H,22,24). The zero-order valence-corrected chi connectivity index (χ0v) is 17.2. The third-order valence-corrected chi connectivity index (χ3v) is 4.32. The van der Waals surface area contributed by atoms with Crippen molar-refractivity contribution < 1.29 is 19.1 Å². The van der Waals surface area contributed by atoms with Gasteiger partial charge in [0.2, 0.25) is 0 Å². The summed E-state index contributed by atoms with van der Waals surface area (Å²) in [6.45, 7) is 5.92.